The number of halogens is 1. The molecule has 1 aromatic heterocycles. The van der Waals surface area contributed by atoms with Crippen LogP contribution in [0.2, 0.25) is 0 Å². The van der Waals surface area contributed by atoms with Crippen LogP contribution in [0.1, 0.15) is 18.5 Å². The number of nitrogens with one attached hydrogen (secondary N) is 1. The van der Waals surface area contributed by atoms with Crippen LogP contribution >= 0.6 is 12.4 Å². The van der Waals surface area contributed by atoms with Crippen molar-refractivity contribution in [3.8, 4) is 0 Å². The maximum atomic E-state index is 12.4. The van der Waals surface area contributed by atoms with E-state index in [0.717, 1.165) is 12.1 Å². The minimum absolute atomic E-state index is 0. The monoisotopic (exact) mass is 312 g/mol. The Balaban J connectivity index is 0.00000220. The molecule has 2 amide bonds. The number of rotatable bonds is 3. The molecule has 0 radical (unpaired) electrons. The molecule has 0 saturated carbocycles. The van der Waals surface area contributed by atoms with Gasteiger partial charge in [-0.15, -0.1) is 12.4 Å². The molecule has 2 rings (SSSR count). The van der Waals surface area contributed by atoms with Gasteiger partial charge in [-0.25, -0.2) is 0 Å². The molecule has 21 heavy (non-hydrogen) atoms. The number of carbonyl (C=O) groups is 2. The van der Waals surface area contributed by atoms with Gasteiger partial charge < -0.3 is 15.1 Å². The molecular weight excluding hydrogens is 292 g/mol. The van der Waals surface area contributed by atoms with Crippen LogP contribution in [0.25, 0.3) is 0 Å². The molecule has 116 valence electrons. The van der Waals surface area contributed by atoms with Crippen molar-refractivity contribution in [2.24, 2.45) is 0 Å². The first-order valence-corrected chi connectivity index (χ1v) is 6.71. The van der Waals surface area contributed by atoms with E-state index in [1.807, 2.05) is 17.0 Å². The zero-order valence-corrected chi connectivity index (χ0v) is 13.1. The standard InChI is InChI=1S/C14H20N4O2.ClH/c1-11(19)17(2)10-14(20)18-7-6-16-9-13(18)12-4-3-5-15-8-12;/h3-5,8,13,16H,6-7,9-10H2,1-2H3;1H. The van der Waals surface area contributed by atoms with Crippen LogP contribution in [0.3, 0.4) is 0 Å². The molecule has 1 aromatic rings. The van der Waals surface area contributed by atoms with Crippen LogP contribution in [0.15, 0.2) is 24.5 Å². The molecule has 0 bridgehead atoms. The van der Waals surface area contributed by atoms with Gasteiger partial charge in [0.1, 0.15) is 0 Å². The second kappa shape index (κ2) is 7.95. The third-order valence-electron chi connectivity index (χ3n) is 3.54. The largest absolute Gasteiger partial charge is 0.337 e. The van der Waals surface area contributed by atoms with Gasteiger partial charge in [-0.05, 0) is 11.6 Å². The Bertz CT molecular complexity index is 483. The van der Waals surface area contributed by atoms with Crippen LogP contribution in [-0.4, -0.2) is 59.8 Å². The lowest BCUT2D eigenvalue weighted by atomic mass is 10.1. The van der Waals surface area contributed by atoms with Crippen molar-refractivity contribution in [1.82, 2.24) is 20.1 Å². The van der Waals surface area contributed by atoms with Crippen molar-refractivity contribution in [3.05, 3.63) is 30.1 Å². The van der Waals surface area contributed by atoms with Gasteiger partial charge in [-0.2, -0.15) is 0 Å². The fourth-order valence-electron chi connectivity index (χ4n) is 2.28. The number of piperazine rings is 1. The maximum Gasteiger partial charge on any atom is 0.242 e. The molecule has 1 atom stereocenters. The fourth-order valence-corrected chi connectivity index (χ4v) is 2.28. The molecule has 1 saturated heterocycles. The lowest BCUT2D eigenvalue weighted by Crippen LogP contribution is -2.51. The number of likely N-dealkylation sites (N-methyl/N-ethyl adjacent to an activating group) is 1. The Labute approximate surface area is 130 Å². The number of hydrogen-bond acceptors (Lipinski definition) is 4. The third kappa shape index (κ3) is 4.41. The van der Waals surface area contributed by atoms with Gasteiger partial charge in [0.25, 0.3) is 0 Å². The second-order valence-corrected chi connectivity index (χ2v) is 4.97. The van der Waals surface area contributed by atoms with E-state index in [0.29, 0.717) is 13.1 Å². The summed E-state index contributed by atoms with van der Waals surface area (Å²) in [6.45, 7) is 3.70. The molecule has 7 heteroatoms. The topological polar surface area (TPSA) is 65.5 Å². The summed E-state index contributed by atoms with van der Waals surface area (Å²) in [5.74, 6) is -0.135. The molecule has 2 heterocycles. The van der Waals surface area contributed by atoms with E-state index in [9.17, 15) is 9.59 Å². The van der Waals surface area contributed by atoms with Gasteiger partial charge in [-0.3, -0.25) is 14.6 Å². The van der Waals surface area contributed by atoms with Gasteiger partial charge in [0.05, 0.1) is 12.6 Å². The van der Waals surface area contributed by atoms with E-state index in [1.165, 1.54) is 11.8 Å². The molecule has 0 aliphatic carbocycles. The summed E-state index contributed by atoms with van der Waals surface area (Å²) in [5.41, 5.74) is 1.01. The average molecular weight is 313 g/mol. The van der Waals surface area contributed by atoms with Crippen molar-refractivity contribution in [1.29, 1.82) is 0 Å². The molecule has 0 spiro atoms. The lowest BCUT2D eigenvalue weighted by molar-refractivity contribution is -0.140. The van der Waals surface area contributed by atoms with Gasteiger partial charge >= 0.3 is 0 Å². The number of carbonyl (C=O) groups excluding carboxylic acids is 2. The maximum absolute atomic E-state index is 12.4. The fraction of sp³-hybridized carbons (Fsp3) is 0.500. The Morgan fingerprint density at radius 2 is 2.29 bits per heavy atom. The van der Waals surface area contributed by atoms with E-state index < -0.39 is 0 Å². The Kier molecular flexibility index (Phi) is 6.58. The summed E-state index contributed by atoms with van der Waals surface area (Å²) in [7, 11) is 1.64. The molecule has 1 aliphatic rings. The zero-order chi connectivity index (χ0) is 14.5. The lowest BCUT2D eigenvalue weighted by Gasteiger charge is -2.37. The summed E-state index contributed by atoms with van der Waals surface area (Å²) in [4.78, 5) is 31.0. The number of nitrogens with zero attached hydrogens (tertiary/aromatic N) is 3. The normalized spacial score (nSPS) is 17.8. The molecular formula is C14H21ClN4O2. The number of amides is 2. The minimum Gasteiger partial charge on any atom is -0.337 e. The van der Waals surface area contributed by atoms with Gasteiger partial charge in [0.2, 0.25) is 11.8 Å². The summed E-state index contributed by atoms with van der Waals surface area (Å²) in [6.07, 6.45) is 3.50. The van der Waals surface area contributed by atoms with Gasteiger partial charge in [0, 0.05) is 46.0 Å². The molecule has 1 N–H and O–H groups in total. The summed E-state index contributed by atoms with van der Waals surface area (Å²) < 4.78 is 0. The summed E-state index contributed by atoms with van der Waals surface area (Å²) in [6, 6.07) is 3.82. The van der Waals surface area contributed by atoms with Gasteiger partial charge in [-0.1, -0.05) is 6.07 Å². The quantitative estimate of drug-likeness (QED) is 0.880. The van der Waals surface area contributed by atoms with E-state index in [4.69, 9.17) is 0 Å². The van der Waals surface area contributed by atoms with Crippen molar-refractivity contribution in [2.45, 2.75) is 13.0 Å². The first kappa shape index (κ1) is 17.4. The zero-order valence-electron chi connectivity index (χ0n) is 12.3. The molecule has 1 fully saturated rings. The molecule has 1 aliphatic heterocycles. The van der Waals surface area contributed by atoms with E-state index in [-0.39, 0.29) is 36.8 Å². The van der Waals surface area contributed by atoms with Crippen molar-refractivity contribution in [2.75, 3.05) is 33.2 Å². The Morgan fingerprint density at radius 3 is 2.90 bits per heavy atom. The highest BCUT2D eigenvalue weighted by molar-refractivity contribution is 5.85. The van der Waals surface area contributed by atoms with Crippen LogP contribution in [-0.2, 0) is 9.59 Å². The Morgan fingerprint density at radius 1 is 1.52 bits per heavy atom. The third-order valence-corrected chi connectivity index (χ3v) is 3.54. The van der Waals surface area contributed by atoms with E-state index >= 15 is 0 Å². The number of hydrogen-bond donors (Lipinski definition) is 1. The Hall–Kier alpha value is -1.66. The van der Waals surface area contributed by atoms with Crippen LogP contribution in [0.4, 0.5) is 0 Å². The summed E-state index contributed by atoms with van der Waals surface area (Å²) in [5, 5.41) is 3.29. The van der Waals surface area contributed by atoms with Crippen molar-refractivity contribution < 1.29 is 9.59 Å². The molecule has 6 nitrogen and oxygen atoms in total. The van der Waals surface area contributed by atoms with E-state index in [1.54, 1.807) is 19.4 Å². The van der Waals surface area contributed by atoms with Crippen molar-refractivity contribution >= 4 is 24.2 Å². The minimum atomic E-state index is -0.105. The van der Waals surface area contributed by atoms with Crippen LogP contribution in [0, 0.1) is 0 Å². The molecule has 0 aromatic carbocycles. The number of aromatic nitrogens is 1. The highest BCUT2D eigenvalue weighted by atomic mass is 35.5. The van der Waals surface area contributed by atoms with Crippen LogP contribution < -0.4 is 5.32 Å². The smallest absolute Gasteiger partial charge is 0.242 e. The van der Waals surface area contributed by atoms with E-state index in [2.05, 4.69) is 10.3 Å². The number of pyridine rings is 1. The second-order valence-electron chi connectivity index (χ2n) is 4.97. The average Bonchev–Trinajstić information content (AvgIpc) is 2.48. The summed E-state index contributed by atoms with van der Waals surface area (Å²) >= 11 is 0. The first-order valence-electron chi connectivity index (χ1n) is 6.71. The van der Waals surface area contributed by atoms with Gasteiger partial charge in [0.15, 0.2) is 0 Å². The first-order chi connectivity index (χ1) is 9.59. The highest BCUT2D eigenvalue weighted by Crippen LogP contribution is 2.21. The van der Waals surface area contributed by atoms with Crippen LogP contribution in [0.5, 0.6) is 0 Å². The molecule has 1 unspecified atom stereocenters. The highest BCUT2D eigenvalue weighted by Gasteiger charge is 2.28. The predicted molar refractivity (Wildman–Crippen MR) is 82.1 cm³/mol. The predicted octanol–water partition coefficient (Wildman–Crippen LogP) is 0.455. The van der Waals surface area contributed by atoms with Crippen molar-refractivity contribution in [3.63, 3.8) is 0 Å². The SMILES string of the molecule is CC(=O)N(C)CC(=O)N1CCNCC1c1cccnc1.Cl.